The van der Waals surface area contributed by atoms with E-state index in [1.165, 1.54) is 12.1 Å². The van der Waals surface area contributed by atoms with Crippen LogP contribution in [0, 0.1) is 17.2 Å². The number of carbonyl (C=O) groups is 2. The summed E-state index contributed by atoms with van der Waals surface area (Å²) in [6, 6.07) is 4.57. The van der Waals surface area contributed by atoms with Gasteiger partial charge in [0.05, 0.1) is 5.02 Å². The second-order valence-corrected chi connectivity index (χ2v) is 7.48. The molecule has 0 aromatic heterocycles. The number of rotatable bonds is 5. The highest BCUT2D eigenvalue weighted by Gasteiger charge is 2.61. The number of benzene rings is 1. The highest BCUT2D eigenvalue weighted by atomic mass is 35.5. The van der Waals surface area contributed by atoms with Crippen LogP contribution in [0.4, 0.5) is 9.18 Å². The van der Waals surface area contributed by atoms with Gasteiger partial charge >= 0.3 is 6.09 Å². The molecule has 0 heterocycles. The van der Waals surface area contributed by atoms with Crippen LogP contribution in [0.5, 0.6) is 0 Å². The second kappa shape index (κ2) is 6.59. The van der Waals surface area contributed by atoms with Gasteiger partial charge in [-0.2, -0.15) is 0 Å². The Morgan fingerprint density at radius 3 is 2.50 bits per heavy atom. The number of halogens is 2. The van der Waals surface area contributed by atoms with E-state index in [-0.39, 0.29) is 23.0 Å². The van der Waals surface area contributed by atoms with E-state index in [9.17, 15) is 14.0 Å². The van der Waals surface area contributed by atoms with Crippen molar-refractivity contribution < 1.29 is 18.7 Å². The molecular formula is C17H22ClFN2O3. The molecule has 2 rings (SSSR count). The molecule has 1 unspecified atom stereocenters. The fourth-order valence-corrected chi connectivity index (χ4v) is 3.26. The van der Waals surface area contributed by atoms with Crippen LogP contribution in [-0.2, 0) is 16.1 Å². The van der Waals surface area contributed by atoms with Gasteiger partial charge in [-0.05, 0) is 18.9 Å². The number of carbonyl (C=O) groups excluding carboxylic acids is 2. The largest absolute Gasteiger partial charge is 0.432 e. The lowest BCUT2D eigenvalue weighted by Crippen LogP contribution is -2.60. The Bertz CT molecular complexity index is 656. The molecule has 1 atom stereocenters. The maximum atomic E-state index is 14.0. The Morgan fingerprint density at radius 1 is 1.38 bits per heavy atom. The topological polar surface area (TPSA) is 81.4 Å². The van der Waals surface area contributed by atoms with E-state index in [2.05, 4.69) is 5.32 Å². The summed E-state index contributed by atoms with van der Waals surface area (Å²) in [5.74, 6) is -1.16. The molecule has 1 aromatic carbocycles. The van der Waals surface area contributed by atoms with Crippen molar-refractivity contribution in [1.82, 2.24) is 5.32 Å². The van der Waals surface area contributed by atoms with Crippen LogP contribution < -0.4 is 11.1 Å². The normalized spacial score (nSPS) is 17.0. The first-order valence-electron chi connectivity index (χ1n) is 7.79. The van der Waals surface area contributed by atoms with Crippen molar-refractivity contribution in [2.45, 2.75) is 45.8 Å². The van der Waals surface area contributed by atoms with Gasteiger partial charge in [0.1, 0.15) is 5.82 Å². The number of nitrogens with two attached hydrogens (primary N) is 1. The summed E-state index contributed by atoms with van der Waals surface area (Å²) in [4.78, 5) is 24.3. The summed E-state index contributed by atoms with van der Waals surface area (Å²) in [6.07, 6.45) is 0.536. The average molecular weight is 357 g/mol. The van der Waals surface area contributed by atoms with Crippen molar-refractivity contribution in [3.05, 3.63) is 34.6 Å². The number of ether oxygens (including phenoxy) is 1. The van der Waals surface area contributed by atoms with Gasteiger partial charge in [0.15, 0.2) is 5.60 Å². The van der Waals surface area contributed by atoms with E-state index in [1.54, 1.807) is 6.07 Å². The van der Waals surface area contributed by atoms with Crippen molar-refractivity contribution in [3.63, 3.8) is 0 Å². The fourth-order valence-electron chi connectivity index (χ4n) is 3.06. The summed E-state index contributed by atoms with van der Waals surface area (Å²) in [7, 11) is 0. The van der Waals surface area contributed by atoms with Gasteiger partial charge in [0.2, 0.25) is 0 Å². The summed E-state index contributed by atoms with van der Waals surface area (Å²) in [5.41, 5.74) is 3.42. The third-order valence-corrected chi connectivity index (χ3v) is 4.63. The highest BCUT2D eigenvalue weighted by Crippen LogP contribution is 2.51. The zero-order chi connectivity index (χ0) is 18.1. The Hall–Kier alpha value is -1.82. The lowest BCUT2D eigenvalue weighted by Gasteiger charge is -2.42. The maximum Gasteiger partial charge on any atom is 0.405 e. The van der Waals surface area contributed by atoms with Gasteiger partial charge in [-0.25, -0.2) is 9.18 Å². The van der Waals surface area contributed by atoms with Crippen LogP contribution >= 0.6 is 11.6 Å². The van der Waals surface area contributed by atoms with Gasteiger partial charge in [0, 0.05) is 23.4 Å². The van der Waals surface area contributed by atoms with Crippen molar-refractivity contribution in [2.24, 2.45) is 17.1 Å². The van der Waals surface area contributed by atoms with E-state index in [1.807, 2.05) is 20.8 Å². The van der Waals surface area contributed by atoms with Crippen LogP contribution in [0.3, 0.4) is 0 Å². The van der Waals surface area contributed by atoms with Crippen LogP contribution in [0.1, 0.15) is 39.2 Å². The number of nitrogens with one attached hydrogen (secondary N) is 1. The van der Waals surface area contributed by atoms with Gasteiger partial charge in [-0.15, -0.1) is 0 Å². The van der Waals surface area contributed by atoms with Crippen molar-refractivity contribution in [1.29, 1.82) is 0 Å². The Balaban J connectivity index is 2.25. The minimum absolute atomic E-state index is 0.0144. The molecule has 2 amide bonds. The number of hydrogen-bond acceptors (Lipinski definition) is 3. The zero-order valence-corrected chi connectivity index (χ0v) is 14.7. The molecule has 24 heavy (non-hydrogen) atoms. The van der Waals surface area contributed by atoms with Gasteiger partial charge in [-0.3, -0.25) is 4.79 Å². The molecule has 5 nitrogen and oxygen atoms in total. The fraction of sp³-hybridized carbons (Fsp3) is 0.529. The van der Waals surface area contributed by atoms with E-state index >= 15 is 0 Å². The summed E-state index contributed by atoms with van der Waals surface area (Å²) in [5, 5.41) is 2.66. The quantitative estimate of drug-likeness (QED) is 0.848. The Morgan fingerprint density at radius 2 is 2.00 bits per heavy atom. The molecule has 3 N–H and O–H groups in total. The predicted molar refractivity (Wildman–Crippen MR) is 88.8 cm³/mol. The number of primary amides is 1. The highest BCUT2D eigenvalue weighted by molar-refractivity contribution is 6.30. The average Bonchev–Trinajstić information content (AvgIpc) is 3.29. The molecular weight excluding hydrogens is 335 g/mol. The van der Waals surface area contributed by atoms with E-state index in [0.717, 1.165) is 12.8 Å². The minimum atomic E-state index is -1.38. The molecule has 1 fully saturated rings. The lowest BCUT2D eigenvalue weighted by atomic mass is 9.72. The first-order valence-corrected chi connectivity index (χ1v) is 8.17. The van der Waals surface area contributed by atoms with Crippen LogP contribution in [0.25, 0.3) is 0 Å². The van der Waals surface area contributed by atoms with Crippen LogP contribution in [0.2, 0.25) is 5.02 Å². The van der Waals surface area contributed by atoms with Crippen LogP contribution in [0.15, 0.2) is 18.2 Å². The minimum Gasteiger partial charge on any atom is -0.432 e. The molecule has 0 radical (unpaired) electrons. The third kappa shape index (κ3) is 3.48. The van der Waals surface area contributed by atoms with Gasteiger partial charge in [0.25, 0.3) is 5.91 Å². The SMILES string of the molecule is CC(C)(C)C(OC(N)=O)(C(=O)NCc1cccc(Cl)c1F)C1CC1. The monoisotopic (exact) mass is 356 g/mol. The molecule has 0 aliphatic heterocycles. The predicted octanol–water partition coefficient (Wildman–Crippen LogP) is 3.39. The van der Waals surface area contributed by atoms with Crippen molar-refractivity contribution >= 4 is 23.6 Å². The van der Waals surface area contributed by atoms with E-state index in [0.29, 0.717) is 0 Å². The van der Waals surface area contributed by atoms with E-state index < -0.39 is 28.8 Å². The Kier molecular flexibility index (Phi) is 5.08. The second-order valence-electron chi connectivity index (χ2n) is 7.08. The molecule has 132 valence electrons. The number of hydrogen-bond donors (Lipinski definition) is 2. The number of amides is 2. The molecule has 7 heteroatoms. The lowest BCUT2D eigenvalue weighted by molar-refractivity contribution is -0.156. The summed E-state index contributed by atoms with van der Waals surface area (Å²) in [6.45, 7) is 5.38. The molecule has 0 bridgehead atoms. The molecule has 1 aliphatic carbocycles. The van der Waals surface area contributed by atoms with Crippen LogP contribution in [-0.4, -0.2) is 17.6 Å². The molecule has 1 aromatic rings. The summed E-state index contributed by atoms with van der Waals surface area (Å²) < 4.78 is 19.3. The van der Waals surface area contributed by atoms with Crippen molar-refractivity contribution in [2.75, 3.05) is 0 Å². The standard InChI is InChI=1S/C17H22ClFN2O3/c1-16(2,3)17(11-7-8-11,24-15(20)23)14(22)21-9-10-5-4-6-12(18)13(10)19/h4-6,11H,7-9H2,1-3H3,(H2,20,23)(H,21,22). The van der Waals surface area contributed by atoms with Crippen molar-refractivity contribution in [3.8, 4) is 0 Å². The van der Waals surface area contributed by atoms with E-state index in [4.69, 9.17) is 22.1 Å². The molecule has 0 spiro atoms. The first-order chi connectivity index (χ1) is 11.1. The van der Waals surface area contributed by atoms with Gasteiger partial charge < -0.3 is 15.8 Å². The van der Waals surface area contributed by atoms with Gasteiger partial charge in [-0.1, -0.05) is 44.5 Å². The third-order valence-electron chi connectivity index (χ3n) is 4.34. The first kappa shape index (κ1) is 18.5. The molecule has 1 aliphatic rings. The maximum absolute atomic E-state index is 14.0. The summed E-state index contributed by atoms with van der Waals surface area (Å²) >= 11 is 5.75. The Labute approximate surface area is 145 Å². The zero-order valence-electron chi connectivity index (χ0n) is 14.0. The molecule has 1 saturated carbocycles. The molecule has 0 saturated heterocycles. The smallest absolute Gasteiger partial charge is 0.405 e.